The number of hydrogen-bond acceptors (Lipinski definition) is 5. The van der Waals surface area contributed by atoms with E-state index in [4.69, 9.17) is 0 Å². The minimum absolute atomic E-state index is 0.158. The number of amides is 1. The van der Waals surface area contributed by atoms with Gasteiger partial charge in [-0.1, -0.05) is 12.1 Å². The third-order valence-electron chi connectivity index (χ3n) is 3.50. The van der Waals surface area contributed by atoms with Gasteiger partial charge in [0, 0.05) is 12.4 Å². The average molecular weight is 317 g/mol. The van der Waals surface area contributed by atoms with Crippen LogP contribution in [0.3, 0.4) is 0 Å². The van der Waals surface area contributed by atoms with Crippen molar-refractivity contribution in [3.8, 4) is 0 Å². The fourth-order valence-electron chi connectivity index (χ4n) is 2.52. The van der Waals surface area contributed by atoms with Gasteiger partial charge in [-0.3, -0.25) is 10.1 Å². The zero-order valence-electron chi connectivity index (χ0n) is 11.8. The largest absolute Gasteiger partial charge is 0.294 e. The normalized spacial score (nSPS) is 15.8. The van der Waals surface area contributed by atoms with Crippen molar-refractivity contribution in [2.24, 2.45) is 0 Å². The molecule has 0 radical (unpaired) electrons. The number of rotatable bonds is 3. The first-order valence-corrected chi connectivity index (χ1v) is 8.61. The summed E-state index contributed by atoms with van der Waals surface area (Å²) in [7, 11) is -3.16. The van der Waals surface area contributed by atoms with Gasteiger partial charge in [0.15, 0.2) is 9.84 Å². The van der Waals surface area contributed by atoms with Gasteiger partial charge in [-0.2, -0.15) is 0 Å². The maximum absolute atomic E-state index is 12.0. The van der Waals surface area contributed by atoms with E-state index in [0.717, 1.165) is 17.5 Å². The standard InChI is InChI=1S/C15H15N3O3S/c19-14(18-15-16-6-2-7-17-15)10-11-4-5-13-12(9-11)3-1-8-22(13,20)21/h2,4-7,9H,1,3,8,10H2,(H,16,17,18,19). The van der Waals surface area contributed by atoms with Crippen molar-refractivity contribution < 1.29 is 13.2 Å². The van der Waals surface area contributed by atoms with Crippen molar-refractivity contribution in [1.29, 1.82) is 0 Å². The number of sulfone groups is 1. The lowest BCUT2D eigenvalue weighted by Gasteiger charge is -2.17. The first-order valence-electron chi connectivity index (χ1n) is 6.96. The number of hydrogen-bond donors (Lipinski definition) is 1. The Kier molecular flexibility index (Phi) is 3.89. The van der Waals surface area contributed by atoms with E-state index >= 15 is 0 Å². The van der Waals surface area contributed by atoms with Crippen molar-refractivity contribution in [1.82, 2.24) is 9.97 Å². The molecule has 1 aliphatic heterocycles. The quantitative estimate of drug-likeness (QED) is 0.923. The molecule has 7 heteroatoms. The number of nitrogens with zero attached hydrogens (tertiary/aromatic N) is 2. The van der Waals surface area contributed by atoms with Crippen LogP contribution in [0.4, 0.5) is 5.95 Å². The molecule has 6 nitrogen and oxygen atoms in total. The van der Waals surface area contributed by atoms with Crippen LogP contribution < -0.4 is 5.32 Å². The zero-order valence-corrected chi connectivity index (χ0v) is 12.6. The third kappa shape index (κ3) is 3.14. The van der Waals surface area contributed by atoms with E-state index in [9.17, 15) is 13.2 Å². The topological polar surface area (TPSA) is 89.0 Å². The Morgan fingerprint density at radius 1 is 1.23 bits per heavy atom. The average Bonchev–Trinajstić information content (AvgIpc) is 2.47. The molecule has 2 aromatic rings. The highest BCUT2D eigenvalue weighted by atomic mass is 32.2. The lowest BCUT2D eigenvalue weighted by molar-refractivity contribution is -0.115. The highest BCUT2D eigenvalue weighted by molar-refractivity contribution is 7.91. The first-order chi connectivity index (χ1) is 10.5. The number of fused-ring (bicyclic) bond motifs is 1. The Morgan fingerprint density at radius 3 is 2.77 bits per heavy atom. The number of nitrogens with one attached hydrogen (secondary N) is 1. The second kappa shape index (κ2) is 5.84. The van der Waals surface area contributed by atoms with Crippen LogP contribution in [0.15, 0.2) is 41.6 Å². The second-order valence-electron chi connectivity index (χ2n) is 5.16. The van der Waals surface area contributed by atoms with Crippen LogP contribution in [-0.4, -0.2) is 30.0 Å². The van der Waals surface area contributed by atoms with Crippen molar-refractivity contribution in [2.75, 3.05) is 11.1 Å². The van der Waals surface area contributed by atoms with Crippen LogP contribution in [0.5, 0.6) is 0 Å². The summed E-state index contributed by atoms with van der Waals surface area (Å²) in [6.07, 6.45) is 4.61. The highest BCUT2D eigenvalue weighted by Gasteiger charge is 2.23. The fourth-order valence-corrected chi connectivity index (χ4v) is 4.10. The molecule has 0 unspecified atom stereocenters. The van der Waals surface area contributed by atoms with Crippen molar-refractivity contribution in [3.05, 3.63) is 47.8 Å². The molecule has 0 spiro atoms. The Bertz CT molecular complexity index is 804. The van der Waals surface area contributed by atoms with Crippen LogP contribution >= 0.6 is 0 Å². The minimum Gasteiger partial charge on any atom is -0.294 e. The van der Waals surface area contributed by atoms with E-state index in [2.05, 4.69) is 15.3 Å². The van der Waals surface area contributed by atoms with Crippen LogP contribution in [0.2, 0.25) is 0 Å². The van der Waals surface area contributed by atoms with Gasteiger partial charge < -0.3 is 0 Å². The van der Waals surface area contributed by atoms with Crippen LogP contribution in [0.1, 0.15) is 17.5 Å². The Hall–Kier alpha value is -2.28. The van der Waals surface area contributed by atoms with Gasteiger partial charge in [0.25, 0.3) is 0 Å². The van der Waals surface area contributed by atoms with Crippen molar-refractivity contribution >= 4 is 21.7 Å². The Morgan fingerprint density at radius 2 is 2.00 bits per heavy atom. The monoisotopic (exact) mass is 317 g/mol. The lowest BCUT2D eigenvalue weighted by Crippen LogP contribution is -2.18. The maximum atomic E-state index is 12.0. The summed E-state index contributed by atoms with van der Waals surface area (Å²) in [4.78, 5) is 20.2. The number of benzene rings is 1. The summed E-state index contributed by atoms with van der Waals surface area (Å²) in [6, 6.07) is 6.76. The van der Waals surface area contributed by atoms with E-state index < -0.39 is 9.84 Å². The Balaban J connectivity index is 1.75. The first kappa shape index (κ1) is 14.6. The highest BCUT2D eigenvalue weighted by Crippen LogP contribution is 2.26. The fraction of sp³-hybridized carbons (Fsp3) is 0.267. The van der Waals surface area contributed by atoms with Crippen molar-refractivity contribution in [2.45, 2.75) is 24.2 Å². The van der Waals surface area contributed by atoms with E-state index in [1.54, 1.807) is 36.7 Å². The van der Waals surface area contributed by atoms with Gasteiger partial charge in [0.05, 0.1) is 17.1 Å². The van der Waals surface area contributed by atoms with Crippen LogP contribution in [-0.2, 0) is 27.5 Å². The van der Waals surface area contributed by atoms with E-state index in [0.29, 0.717) is 11.3 Å². The van der Waals surface area contributed by atoms with E-state index in [-0.39, 0.29) is 24.0 Å². The van der Waals surface area contributed by atoms with Gasteiger partial charge in [-0.25, -0.2) is 18.4 Å². The summed E-state index contributed by atoms with van der Waals surface area (Å²) in [6.45, 7) is 0. The smallest absolute Gasteiger partial charge is 0.231 e. The van der Waals surface area contributed by atoms with Crippen LogP contribution in [0.25, 0.3) is 0 Å². The molecule has 0 fully saturated rings. The maximum Gasteiger partial charge on any atom is 0.231 e. The number of aryl methyl sites for hydroxylation is 1. The Labute approximate surface area is 128 Å². The molecule has 1 aromatic heterocycles. The lowest BCUT2D eigenvalue weighted by atomic mass is 10.0. The summed E-state index contributed by atoms with van der Waals surface area (Å²) >= 11 is 0. The summed E-state index contributed by atoms with van der Waals surface area (Å²) in [5, 5.41) is 2.61. The summed E-state index contributed by atoms with van der Waals surface area (Å²) in [5.74, 6) is 0.225. The number of anilines is 1. The van der Waals surface area contributed by atoms with Gasteiger partial charge in [-0.05, 0) is 36.1 Å². The van der Waals surface area contributed by atoms with E-state index in [1.165, 1.54) is 0 Å². The molecule has 0 bridgehead atoms. The van der Waals surface area contributed by atoms with Gasteiger partial charge in [-0.15, -0.1) is 0 Å². The summed E-state index contributed by atoms with van der Waals surface area (Å²) in [5.41, 5.74) is 1.58. The molecule has 1 aromatic carbocycles. The van der Waals surface area contributed by atoms with Gasteiger partial charge >= 0.3 is 0 Å². The number of aromatic nitrogens is 2. The predicted molar refractivity (Wildman–Crippen MR) is 81.2 cm³/mol. The van der Waals surface area contributed by atoms with Crippen molar-refractivity contribution in [3.63, 3.8) is 0 Å². The molecule has 1 amide bonds. The molecule has 1 aliphatic rings. The molecule has 0 atom stereocenters. The van der Waals surface area contributed by atoms with E-state index in [1.807, 2.05) is 0 Å². The SMILES string of the molecule is O=C(Cc1ccc2c(c1)CCCS2(=O)=O)Nc1ncccn1. The molecule has 0 saturated carbocycles. The molecular weight excluding hydrogens is 302 g/mol. The van der Waals surface area contributed by atoms with Gasteiger partial charge in [0.2, 0.25) is 11.9 Å². The molecule has 0 saturated heterocycles. The van der Waals surface area contributed by atoms with Crippen LogP contribution in [0, 0.1) is 0 Å². The predicted octanol–water partition coefficient (Wildman–Crippen LogP) is 1.38. The number of carbonyl (C=O) groups excluding carboxylic acids is 1. The molecule has 1 N–H and O–H groups in total. The molecule has 114 valence electrons. The molecule has 3 rings (SSSR count). The minimum atomic E-state index is -3.16. The third-order valence-corrected chi connectivity index (χ3v) is 5.40. The molecule has 2 heterocycles. The zero-order chi connectivity index (χ0) is 15.6. The number of carbonyl (C=O) groups is 1. The molecule has 0 aliphatic carbocycles. The molecular formula is C15H15N3O3S. The summed E-state index contributed by atoms with van der Waals surface area (Å²) < 4.78 is 23.9. The van der Waals surface area contributed by atoms with Gasteiger partial charge in [0.1, 0.15) is 0 Å². The molecule has 22 heavy (non-hydrogen) atoms. The second-order valence-corrected chi connectivity index (χ2v) is 7.24.